The molecule has 19 heavy (non-hydrogen) atoms. The summed E-state index contributed by atoms with van der Waals surface area (Å²) in [5.74, 6) is 1.34. The zero-order valence-corrected chi connectivity index (χ0v) is 12.8. The normalized spacial score (nSPS) is 30.9. The van der Waals surface area contributed by atoms with E-state index in [1.807, 2.05) is 0 Å². The van der Waals surface area contributed by atoms with Gasteiger partial charge in [-0.25, -0.2) is 0 Å². The van der Waals surface area contributed by atoms with Crippen LogP contribution in [0, 0.1) is 23.2 Å². The maximum absolute atomic E-state index is 9.69. The lowest BCUT2D eigenvalue weighted by Crippen LogP contribution is -2.56. The molecule has 0 radical (unpaired) electrons. The van der Waals surface area contributed by atoms with Gasteiger partial charge in [-0.2, -0.15) is 5.26 Å². The second kappa shape index (κ2) is 6.24. The standard InChI is InChI=1S/C16H29N3/c1-4-18-16(11-17,14-9-10-14)12-19(3)15-8-6-5-7-13(15)2/h13-15,18H,4-10,12H2,1-3H3. The largest absolute Gasteiger partial charge is 0.300 e. The molecular weight excluding hydrogens is 234 g/mol. The van der Waals surface area contributed by atoms with Gasteiger partial charge >= 0.3 is 0 Å². The van der Waals surface area contributed by atoms with E-state index in [0.29, 0.717) is 12.0 Å². The van der Waals surface area contributed by atoms with Crippen molar-refractivity contribution in [2.45, 2.75) is 64.0 Å². The Bertz CT molecular complexity index is 331. The number of rotatable bonds is 6. The molecule has 0 spiro atoms. The van der Waals surface area contributed by atoms with E-state index >= 15 is 0 Å². The van der Waals surface area contributed by atoms with Crippen LogP contribution in [0.15, 0.2) is 0 Å². The highest BCUT2D eigenvalue weighted by molar-refractivity contribution is 5.16. The van der Waals surface area contributed by atoms with Crippen LogP contribution < -0.4 is 5.32 Å². The van der Waals surface area contributed by atoms with Crippen molar-refractivity contribution in [1.82, 2.24) is 10.2 Å². The van der Waals surface area contributed by atoms with Gasteiger partial charge in [-0.15, -0.1) is 0 Å². The van der Waals surface area contributed by atoms with E-state index in [9.17, 15) is 5.26 Å². The predicted octanol–water partition coefficient (Wildman–Crippen LogP) is 2.78. The fraction of sp³-hybridized carbons (Fsp3) is 0.938. The Morgan fingerprint density at radius 2 is 1.95 bits per heavy atom. The molecule has 0 aromatic rings. The first kappa shape index (κ1) is 14.8. The molecule has 0 heterocycles. The minimum atomic E-state index is -0.305. The smallest absolute Gasteiger partial charge is 0.122 e. The molecule has 3 unspecified atom stereocenters. The van der Waals surface area contributed by atoms with E-state index in [2.05, 4.69) is 37.2 Å². The van der Waals surface area contributed by atoms with Crippen LogP contribution in [0.4, 0.5) is 0 Å². The lowest BCUT2D eigenvalue weighted by atomic mass is 9.84. The summed E-state index contributed by atoms with van der Waals surface area (Å²) >= 11 is 0. The Morgan fingerprint density at radius 3 is 2.47 bits per heavy atom. The summed E-state index contributed by atoms with van der Waals surface area (Å²) in [5.41, 5.74) is -0.305. The first-order valence-corrected chi connectivity index (χ1v) is 7.99. The molecule has 3 nitrogen and oxygen atoms in total. The number of hydrogen-bond acceptors (Lipinski definition) is 3. The Labute approximate surface area is 118 Å². The second-order valence-corrected chi connectivity index (χ2v) is 6.63. The molecule has 2 saturated carbocycles. The maximum atomic E-state index is 9.69. The summed E-state index contributed by atoms with van der Waals surface area (Å²) in [4.78, 5) is 2.47. The molecule has 2 rings (SSSR count). The van der Waals surface area contributed by atoms with Crippen LogP contribution in [0.2, 0.25) is 0 Å². The molecule has 0 saturated heterocycles. The molecule has 2 aliphatic rings. The second-order valence-electron chi connectivity index (χ2n) is 6.63. The molecule has 108 valence electrons. The van der Waals surface area contributed by atoms with Gasteiger partial charge in [0.2, 0.25) is 0 Å². The van der Waals surface area contributed by atoms with Crippen LogP contribution in [0.3, 0.4) is 0 Å². The number of hydrogen-bond donors (Lipinski definition) is 1. The van der Waals surface area contributed by atoms with Crippen LogP contribution in [0.25, 0.3) is 0 Å². The van der Waals surface area contributed by atoms with Gasteiger partial charge in [-0.1, -0.05) is 26.7 Å². The molecule has 0 amide bonds. The summed E-state index contributed by atoms with van der Waals surface area (Å²) < 4.78 is 0. The number of likely N-dealkylation sites (N-methyl/N-ethyl adjacent to an activating group) is 2. The van der Waals surface area contributed by atoms with Gasteiger partial charge in [0.1, 0.15) is 5.54 Å². The van der Waals surface area contributed by atoms with E-state index in [0.717, 1.165) is 19.0 Å². The molecule has 2 aliphatic carbocycles. The molecule has 1 N–H and O–H groups in total. The molecule has 2 fully saturated rings. The lowest BCUT2D eigenvalue weighted by Gasteiger charge is -2.40. The fourth-order valence-electron chi connectivity index (χ4n) is 3.85. The number of nitrogens with zero attached hydrogens (tertiary/aromatic N) is 2. The first-order valence-electron chi connectivity index (χ1n) is 7.99. The zero-order chi connectivity index (χ0) is 13.9. The molecule has 0 aliphatic heterocycles. The quantitative estimate of drug-likeness (QED) is 0.801. The first-order chi connectivity index (χ1) is 9.13. The Morgan fingerprint density at radius 1 is 1.26 bits per heavy atom. The predicted molar refractivity (Wildman–Crippen MR) is 78.8 cm³/mol. The summed E-state index contributed by atoms with van der Waals surface area (Å²) in [5, 5.41) is 13.2. The van der Waals surface area contributed by atoms with Gasteiger partial charge in [0, 0.05) is 12.6 Å². The van der Waals surface area contributed by atoms with Gasteiger partial charge < -0.3 is 4.90 Å². The van der Waals surface area contributed by atoms with E-state index < -0.39 is 0 Å². The van der Waals surface area contributed by atoms with Crippen molar-refractivity contribution in [3.05, 3.63) is 0 Å². The highest BCUT2D eigenvalue weighted by Crippen LogP contribution is 2.40. The van der Waals surface area contributed by atoms with E-state index in [1.165, 1.54) is 38.5 Å². The Balaban J connectivity index is 2.01. The van der Waals surface area contributed by atoms with Crippen molar-refractivity contribution >= 4 is 0 Å². The highest BCUT2D eigenvalue weighted by Gasteiger charge is 2.46. The van der Waals surface area contributed by atoms with E-state index in [4.69, 9.17) is 0 Å². The minimum Gasteiger partial charge on any atom is -0.300 e. The monoisotopic (exact) mass is 263 g/mol. The van der Waals surface area contributed by atoms with Crippen LogP contribution >= 0.6 is 0 Å². The van der Waals surface area contributed by atoms with Gasteiger partial charge in [0.05, 0.1) is 6.07 Å². The lowest BCUT2D eigenvalue weighted by molar-refractivity contribution is 0.109. The summed E-state index contributed by atoms with van der Waals surface area (Å²) in [6.07, 6.45) is 7.81. The van der Waals surface area contributed by atoms with Gasteiger partial charge in [0.25, 0.3) is 0 Å². The van der Waals surface area contributed by atoms with Crippen molar-refractivity contribution in [2.24, 2.45) is 11.8 Å². The molecule has 3 atom stereocenters. The fourth-order valence-corrected chi connectivity index (χ4v) is 3.85. The number of nitrogens with one attached hydrogen (secondary N) is 1. The molecule has 3 heteroatoms. The van der Waals surface area contributed by atoms with Crippen LogP contribution in [-0.4, -0.2) is 36.6 Å². The molecule has 0 bridgehead atoms. The van der Waals surface area contributed by atoms with E-state index in [1.54, 1.807) is 0 Å². The van der Waals surface area contributed by atoms with Crippen molar-refractivity contribution in [3.8, 4) is 6.07 Å². The third-order valence-electron chi connectivity index (χ3n) is 5.10. The Hall–Kier alpha value is -0.590. The molecular formula is C16H29N3. The topological polar surface area (TPSA) is 39.1 Å². The van der Waals surface area contributed by atoms with E-state index in [-0.39, 0.29) is 5.54 Å². The van der Waals surface area contributed by atoms with Crippen LogP contribution in [0.5, 0.6) is 0 Å². The summed E-state index contributed by atoms with van der Waals surface area (Å²) in [6, 6.07) is 3.28. The van der Waals surface area contributed by atoms with Crippen molar-refractivity contribution < 1.29 is 0 Å². The minimum absolute atomic E-state index is 0.305. The average molecular weight is 263 g/mol. The summed E-state index contributed by atoms with van der Waals surface area (Å²) in [7, 11) is 2.22. The zero-order valence-electron chi connectivity index (χ0n) is 12.8. The number of nitriles is 1. The highest BCUT2D eigenvalue weighted by atomic mass is 15.2. The van der Waals surface area contributed by atoms with Crippen molar-refractivity contribution in [2.75, 3.05) is 20.1 Å². The molecule has 0 aromatic heterocycles. The third kappa shape index (κ3) is 3.30. The summed E-state index contributed by atoms with van der Waals surface area (Å²) in [6.45, 7) is 6.26. The van der Waals surface area contributed by atoms with Crippen LogP contribution in [-0.2, 0) is 0 Å². The van der Waals surface area contributed by atoms with Crippen molar-refractivity contribution in [1.29, 1.82) is 5.26 Å². The molecule has 0 aromatic carbocycles. The van der Waals surface area contributed by atoms with Gasteiger partial charge in [-0.3, -0.25) is 5.32 Å². The maximum Gasteiger partial charge on any atom is 0.122 e. The Kier molecular flexibility index (Phi) is 4.86. The SMILES string of the molecule is CCNC(C#N)(CN(C)C1CCCCC1C)C1CC1. The third-order valence-corrected chi connectivity index (χ3v) is 5.10. The van der Waals surface area contributed by atoms with Gasteiger partial charge in [0.15, 0.2) is 0 Å². The average Bonchev–Trinajstić information content (AvgIpc) is 3.23. The van der Waals surface area contributed by atoms with Gasteiger partial charge in [-0.05, 0) is 51.1 Å². The van der Waals surface area contributed by atoms with Crippen LogP contribution in [0.1, 0.15) is 52.4 Å². The van der Waals surface area contributed by atoms with Crippen molar-refractivity contribution in [3.63, 3.8) is 0 Å².